The molecule has 7 heteroatoms. The van der Waals surface area contributed by atoms with Crippen molar-refractivity contribution in [1.29, 1.82) is 0 Å². The molecule has 0 aliphatic heterocycles. The fourth-order valence-corrected chi connectivity index (χ4v) is 2.46. The number of amides is 2. The van der Waals surface area contributed by atoms with Crippen LogP contribution in [-0.4, -0.2) is 25.5 Å². The first-order chi connectivity index (χ1) is 11.9. The van der Waals surface area contributed by atoms with Crippen molar-refractivity contribution < 1.29 is 19.1 Å². The van der Waals surface area contributed by atoms with Crippen LogP contribution in [0.25, 0.3) is 0 Å². The van der Waals surface area contributed by atoms with E-state index in [1.807, 2.05) is 31.2 Å². The Labute approximate surface area is 154 Å². The molecule has 2 aromatic carbocycles. The van der Waals surface area contributed by atoms with Gasteiger partial charge in [-0.05, 0) is 42.8 Å². The summed E-state index contributed by atoms with van der Waals surface area (Å²) in [6, 6.07) is 12.3. The Morgan fingerprint density at radius 2 is 1.84 bits per heavy atom. The number of nitrogens with two attached hydrogens (primary N) is 1. The van der Waals surface area contributed by atoms with Crippen molar-refractivity contribution in [3.05, 3.63) is 58.1 Å². The number of methoxy groups -OCH3 is 1. The molecule has 3 N–H and O–H groups in total. The Morgan fingerprint density at radius 3 is 2.44 bits per heavy atom. The third kappa shape index (κ3) is 5.22. The number of nitrogens with one attached hydrogen (secondary N) is 1. The summed E-state index contributed by atoms with van der Waals surface area (Å²) in [4.78, 5) is 23.3. The van der Waals surface area contributed by atoms with Crippen LogP contribution in [0.2, 0.25) is 0 Å². The largest absolute Gasteiger partial charge is 0.493 e. The zero-order chi connectivity index (χ0) is 18.4. The van der Waals surface area contributed by atoms with Gasteiger partial charge in [-0.3, -0.25) is 9.59 Å². The van der Waals surface area contributed by atoms with Crippen LogP contribution < -0.4 is 20.5 Å². The number of ether oxygens (including phenoxy) is 2. The van der Waals surface area contributed by atoms with E-state index in [9.17, 15) is 9.59 Å². The number of benzene rings is 2. The number of hydrogen-bond donors (Lipinski definition) is 2. The second-order valence-corrected chi connectivity index (χ2v) is 6.28. The van der Waals surface area contributed by atoms with E-state index in [1.165, 1.54) is 7.11 Å². The summed E-state index contributed by atoms with van der Waals surface area (Å²) in [6.45, 7) is 1.64. The van der Waals surface area contributed by atoms with E-state index in [2.05, 4.69) is 21.2 Å². The third-order valence-electron chi connectivity index (χ3n) is 3.51. The predicted molar refractivity (Wildman–Crippen MR) is 97.7 cm³/mol. The van der Waals surface area contributed by atoms with Gasteiger partial charge in [0, 0.05) is 10.0 Å². The number of carbonyl (C=O) groups excluding carboxylic acids is 2. The Hall–Kier alpha value is -2.54. The number of carbonyl (C=O) groups is 2. The van der Waals surface area contributed by atoms with Crippen molar-refractivity contribution in [1.82, 2.24) is 5.32 Å². The van der Waals surface area contributed by atoms with Crippen LogP contribution in [-0.2, 0) is 4.79 Å². The smallest absolute Gasteiger partial charge is 0.255 e. The van der Waals surface area contributed by atoms with Crippen LogP contribution in [0.15, 0.2) is 46.9 Å². The molecule has 0 unspecified atom stereocenters. The summed E-state index contributed by atoms with van der Waals surface area (Å²) in [5.41, 5.74) is 6.47. The highest BCUT2D eigenvalue weighted by atomic mass is 79.9. The first-order valence-electron chi connectivity index (χ1n) is 7.56. The average molecular weight is 407 g/mol. The van der Waals surface area contributed by atoms with Gasteiger partial charge in [-0.15, -0.1) is 0 Å². The van der Waals surface area contributed by atoms with Gasteiger partial charge in [-0.2, -0.15) is 0 Å². The fourth-order valence-electron chi connectivity index (χ4n) is 2.19. The van der Waals surface area contributed by atoms with Gasteiger partial charge < -0.3 is 20.5 Å². The number of hydrogen-bond acceptors (Lipinski definition) is 4. The first kappa shape index (κ1) is 18.8. The molecule has 0 aliphatic rings. The summed E-state index contributed by atoms with van der Waals surface area (Å²) < 4.78 is 11.4. The molecule has 0 radical (unpaired) electrons. The molecule has 0 saturated heterocycles. The highest BCUT2D eigenvalue weighted by molar-refractivity contribution is 9.10. The first-order valence-corrected chi connectivity index (χ1v) is 8.35. The molecule has 0 aliphatic carbocycles. The summed E-state index contributed by atoms with van der Waals surface area (Å²) in [6.07, 6.45) is 0. The molecule has 132 valence electrons. The third-order valence-corrected chi connectivity index (χ3v) is 4.04. The molecule has 2 rings (SSSR count). The van der Waals surface area contributed by atoms with Crippen LogP contribution in [0.3, 0.4) is 0 Å². The van der Waals surface area contributed by atoms with Gasteiger partial charge in [-0.25, -0.2) is 0 Å². The highest BCUT2D eigenvalue weighted by Crippen LogP contribution is 2.28. The van der Waals surface area contributed by atoms with Gasteiger partial charge >= 0.3 is 0 Å². The van der Waals surface area contributed by atoms with Crippen LogP contribution in [0.1, 0.15) is 28.9 Å². The molecule has 0 heterocycles. The topological polar surface area (TPSA) is 90.7 Å². The predicted octanol–water partition coefficient (Wildman–Crippen LogP) is 2.81. The molecule has 0 saturated carbocycles. The average Bonchev–Trinajstić information content (AvgIpc) is 2.60. The van der Waals surface area contributed by atoms with Gasteiger partial charge in [0.25, 0.3) is 11.8 Å². The summed E-state index contributed by atoms with van der Waals surface area (Å²) >= 11 is 3.38. The SMILES string of the molecule is COc1cc(C(=O)N[C@H](C)c2ccc(Br)cc2)ccc1OCC(N)=O. The second-order valence-electron chi connectivity index (χ2n) is 5.37. The quantitative estimate of drug-likeness (QED) is 0.739. The molecule has 25 heavy (non-hydrogen) atoms. The van der Waals surface area contributed by atoms with Crippen LogP contribution in [0, 0.1) is 0 Å². The highest BCUT2D eigenvalue weighted by Gasteiger charge is 2.14. The Morgan fingerprint density at radius 1 is 1.16 bits per heavy atom. The molecule has 2 aromatic rings. The Kier molecular flexibility index (Phi) is 6.41. The lowest BCUT2D eigenvalue weighted by Gasteiger charge is -2.16. The summed E-state index contributed by atoms with van der Waals surface area (Å²) in [5, 5.41) is 2.93. The minimum atomic E-state index is -0.591. The molecule has 2 amide bonds. The maximum atomic E-state index is 12.5. The van der Waals surface area contributed by atoms with Crippen LogP contribution in [0.5, 0.6) is 11.5 Å². The van der Waals surface area contributed by atoms with Gasteiger partial charge in [-0.1, -0.05) is 28.1 Å². The maximum absolute atomic E-state index is 12.5. The van der Waals surface area contributed by atoms with Gasteiger partial charge in [0.1, 0.15) is 0 Å². The standard InChI is InChI=1S/C18H19BrN2O4/c1-11(12-3-6-14(19)7-4-12)21-18(23)13-5-8-15(16(9-13)24-2)25-10-17(20)22/h3-9,11H,10H2,1-2H3,(H2,20,22)(H,21,23)/t11-/m1/s1. The van der Waals surface area contributed by atoms with Crippen molar-refractivity contribution >= 4 is 27.7 Å². The minimum absolute atomic E-state index is 0.155. The van der Waals surface area contributed by atoms with Crippen molar-refractivity contribution in [2.24, 2.45) is 5.73 Å². The minimum Gasteiger partial charge on any atom is -0.493 e. The van der Waals surface area contributed by atoms with E-state index < -0.39 is 5.91 Å². The van der Waals surface area contributed by atoms with Gasteiger partial charge in [0.05, 0.1) is 13.2 Å². The van der Waals surface area contributed by atoms with Crippen molar-refractivity contribution in [2.75, 3.05) is 13.7 Å². The molecule has 6 nitrogen and oxygen atoms in total. The Balaban J connectivity index is 2.10. The van der Waals surface area contributed by atoms with Crippen LogP contribution in [0.4, 0.5) is 0 Å². The zero-order valence-electron chi connectivity index (χ0n) is 13.9. The fraction of sp³-hybridized carbons (Fsp3) is 0.222. The molecule has 0 bridgehead atoms. The van der Waals surface area contributed by atoms with E-state index >= 15 is 0 Å². The maximum Gasteiger partial charge on any atom is 0.255 e. The van der Waals surface area contributed by atoms with Gasteiger partial charge in [0.15, 0.2) is 18.1 Å². The van der Waals surface area contributed by atoms with Gasteiger partial charge in [0.2, 0.25) is 0 Å². The lowest BCUT2D eigenvalue weighted by Crippen LogP contribution is -2.26. The lowest BCUT2D eigenvalue weighted by molar-refractivity contribution is -0.119. The molecule has 0 spiro atoms. The summed E-state index contributed by atoms with van der Waals surface area (Å²) in [5.74, 6) is -0.133. The molecule has 1 atom stereocenters. The number of halogens is 1. The van der Waals surface area contributed by atoms with E-state index in [1.54, 1.807) is 18.2 Å². The van der Waals surface area contributed by atoms with E-state index in [0.717, 1.165) is 10.0 Å². The number of rotatable bonds is 7. The normalized spacial score (nSPS) is 11.5. The zero-order valence-corrected chi connectivity index (χ0v) is 15.5. The van der Waals surface area contributed by atoms with E-state index in [4.69, 9.17) is 15.2 Å². The lowest BCUT2D eigenvalue weighted by atomic mass is 10.1. The monoisotopic (exact) mass is 406 g/mol. The Bertz CT molecular complexity index is 762. The number of primary amides is 1. The molecule has 0 fully saturated rings. The summed E-state index contributed by atoms with van der Waals surface area (Å²) in [7, 11) is 1.46. The molecular formula is C18H19BrN2O4. The second kappa shape index (κ2) is 8.53. The molecule has 0 aromatic heterocycles. The van der Waals surface area contributed by atoms with E-state index in [0.29, 0.717) is 17.1 Å². The van der Waals surface area contributed by atoms with Crippen LogP contribution >= 0.6 is 15.9 Å². The van der Waals surface area contributed by atoms with Crippen molar-refractivity contribution in [3.63, 3.8) is 0 Å². The molecular weight excluding hydrogens is 388 g/mol. The van der Waals surface area contributed by atoms with Crippen molar-refractivity contribution in [2.45, 2.75) is 13.0 Å². The van der Waals surface area contributed by atoms with E-state index in [-0.39, 0.29) is 18.6 Å². The van der Waals surface area contributed by atoms with Crippen molar-refractivity contribution in [3.8, 4) is 11.5 Å².